The van der Waals surface area contributed by atoms with E-state index in [1.54, 1.807) is 0 Å². The van der Waals surface area contributed by atoms with Crippen molar-refractivity contribution >= 4 is 5.69 Å². The van der Waals surface area contributed by atoms with Crippen molar-refractivity contribution in [3.05, 3.63) is 39.4 Å². The SMILES string of the molecule is NCc1cc(C(F)(F)F)ccc1[N+](=O)[O-]. The van der Waals surface area contributed by atoms with Crippen molar-refractivity contribution in [3.8, 4) is 0 Å². The Bertz CT molecular complexity index is 390. The maximum atomic E-state index is 12.2. The van der Waals surface area contributed by atoms with Gasteiger partial charge in [-0.1, -0.05) is 0 Å². The van der Waals surface area contributed by atoms with E-state index in [4.69, 9.17) is 5.73 Å². The molecule has 0 spiro atoms. The van der Waals surface area contributed by atoms with Crippen molar-refractivity contribution in [1.29, 1.82) is 0 Å². The molecule has 0 radical (unpaired) electrons. The van der Waals surface area contributed by atoms with Gasteiger partial charge in [0.2, 0.25) is 0 Å². The van der Waals surface area contributed by atoms with E-state index in [2.05, 4.69) is 0 Å². The van der Waals surface area contributed by atoms with Crippen LogP contribution in [0.4, 0.5) is 18.9 Å². The molecule has 82 valence electrons. The molecular weight excluding hydrogens is 213 g/mol. The second kappa shape index (κ2) is 3.85. The summed E-state index contributed by atoms with van der Waals surface area (Å²) in [6.45, 7) is -0.305. The third kappa shape index (κ3) is 2.44. The predicted octanol–water partition coefficient (Wildman–Crippen LogP) is 2.07. The fourth-order valence-corrected chi connectivity index (χ4v) is 1.10. The number of hydrogen-bond acceptors (Lipinski definition) is 3. The van der Waals surface area contributed by atoms with Crippen molar-refractivity contribution in [2.75, 3.05) is 0 Å². The maximum Gasteiger partial charge on any atom is 0.416 e. The number of halogens is 3. The van der Waals surface area contributed by atoms with Crippen molar-refractivity contribution < 1.29 is 18.1 Å². The zero-order chi connectivity index (χ0) is 11.6. The van der Waals surface area contributed by atoms with E-state index >= 15 is 0 Å². The van der Waals surface area contributed by atoms with Crippen LogP contribution in [0.5, 0.6) is 0 Å². The average Bonchev–Trinajstić information content (AvgIpc) is 2.15. The molecule has 0 aromatic heterocycles. The van der Waals surface area contributed by atoms with Crippen LogP contribution >= 0.6 is 0 Å². The summed E-state index contributed by atoms with van der Waals surface area (Å²) in [4.78, 5) is 9.65. The normalized spacial score (nSPS) is 11.5. The fourth-order valence-electron chi connectivity index (χ4n) is 1.10. The molecule has 4 nitrogen and oxygen atoms in total. The molecule has 2 N–H and O–H groups in total. The predicted molar refractivity (Wildman–Crippen MR) is 46.0 cm³/mol. The van der Waals surface area contributed by atoms with E-state index < -0.39 is 22.4 Å². The van der Waals surface area contributed by atoms with Crippen LogP contribution in [0.1, 0.15) is 11.1 Å². The van der Waals surface area contributed by atoms with Gasteiger partial charge in [-0.15, -0.1) is 0 Å². The average molecular weight is 220 g/mol. The summed E-state index contributed by atoms with van der Waals surface area (Å²) in [5.41, 5.74) is 3.66. The minimum absolute atomic E-state index is 0.130. The smallest absolute Gasteiger partial charge is 0.326 e. The van der Waals surface area contributed by atoms with Crippen LogP contribution in [-0.2, 0) is 12.7 Å². The van der Waals surface area contributed by atoms with Gasteiger partial charge in [0.05, 0.1) is 10.5 Å². The number of hydrogen-bond donors (Lipinski definition) is 1. The van der Waals surface area contributed by atoms with Crippen LogP contribution in [0.2, 0.25) is 0 Å². The Kier molecular flexibility index (Phi) is 2.94. The fraction of sp³-hybridized carbons (Fsp3) is 0.250. The molecule has 0 saturated carbocycles. The first-order chi connectivity index (χ1) is 6.86. The summed E-state index contributed by atoms with van der Waals surface area (Å²) in [6.07, 6.45) is -4.51. The molecule has 0 heterocycles. The topological polar surface area (TPSA) is 69.2 Å². The first kappa shape index (κ1) is 11.4. The summed E-state index contributed by atoms with van der Waals surface area (Å²) in [5, 5.41) is 10.4. The number of nitro groups is 1. The molecule has 1 aromatic carbocycles. The molecule has 1 rings (SSSR count). The quantitative estimate of drug-likeness (QED) is 0.612. The lowest BCUT2D eigenvalue weighted by molar-refractivity contribution is -0.385. The molecular formula is C8H7F3N2O2. The van der Waals surface area contributed by atoms with Crippen LogP contribution in [0, 0.1) is 10.1 Å². The Morgan fingerprint density at radius 3 is 2.40 bits per heavy atom. The van der Waals surface area contributed by atoms with E-state index in [0.717, 1.165) is 6.07 Å². The molecule has 0 aliphatic heterocycles. The van der Waals surface area contributed by atoms with Gasteiger partial charge in [-0.2, -0.15) is 13.2 Å². The van der Waals surface area contributed by atoms with E-state index in [-0.39, 0.29) is 12.1 Å². The minimum atomic E-state index is -4.51. The first-order valence-corrected chi connectivity index (χ1v) is 3.91. The Labute approximate surface area is 82.7 Å². The third-order valence-electron chi connectivity index (χ3n) is 1.82. The van der Waals surface area contributed by atoms with Gasteiger partial charge >= 0.3 is 6.18 Å². The van der Waals surface area contributed by atoms with Crippen molar-refractivity contribution in [3.63, 3.8) is 0 Å². The lowest BCUT2D eigenvalue weighted by Crippen LogP contribution is -2.08. The van der Waals surface area contributed by atoms with Gasteiger partial charge < -0.3 is 5.73 Å². The molecule has 0 amide bonds. The molecule has 0 saturated heterocycles. The molecule has 7 heteroatoms. The number of benzene rings is 1. The van der Waals surface area contributed by atoms with Gasteiger partial charge in [0.25, 0.3) is 5.69 Å². The van der Waals surface area contributed by atoms with E-state index in [1.807, 2.05) is 0 Å². The van der Waals surface area contributed by atoms with E-state index in [0.29, 0.717) is 12.1 Å². The lowest BCUT2D eigenvalue weighted by atomic mass is 10.1. The number of nitrogens with two attached hydrogens (primary N) is 1. The second-order valence-corrected chi connectivity index (χ2v) is 2.80. The van der Waals surface area contributed by atoms with Gasteiger partial charge in [-0.3, -0.25) is 10.1 Å². The number of nitro benzene ring substituents is 1. The largest absolute Gasteiger partial charge is 0.416 e. The van der Waals surface area contributed by atoms with Gasteiger partial charge in [-0.05, 0) is 12.1 Å². The molecule has 0 atom stereocenters. The highest BCUT2D eigenvalue weighted by molar-refractivity contribution is 5.43. The Morgan fingerprint density at radius 1 is 1.40 bits per heavy atom. The van der Waals surface area contributed by atoms with Gasteiger partial charge in [0.1, 0.15) is 0 Å². The molecule has 0 aliphatic carbocycles. The van der Waals surface area contributed by atoms with Gasteiger partial charge in [0, 0.05) is 18.2 Å². The van der Waals surface area contributed by atoms with Crippen LogP contribution in [-0.4, -0.2) is 4.92 Å². The van der Waals surface area contributed by atoms with Crippen molar-refractivity contribution in [2.24, 2.45) is 5.73 Å². The Morgan fingerprint density at radius 2 is 2.00 bits per heavy atom. The zero-order valence-electron chi connectivity index (χ0n) is 7.41. The summed E-state index contributed by atoms with van der Waals surface area (Å²) in [5.74, 6) is 0. The van der Waals surface area contributed by atoms with Crippen LogP contribution in [0.25, 0.3) is 0 Å². The summed E-state index contributed by atoms with van der Waals surface area (Å²) in [7, 11) is 0. The minimum Gasteiger partial charge on any atom is -0.326 e. The monoisotopic (exact) mass is 220 g/mol. The number of nitrogens with zero attached hydrogens (tertiary/aromatic N) is 1. The van der Waals surface area contributed by atoms with Crippen LogP contribution in [0.3, 0.4) is 0 Å². The highest BCUT2D eigenvalue weighted by atomic mass is 19.4. The molecule has 0 bridgehead atoms. The molecule has 0 aliphatic rings. The molecule has 15 heavy (non-hydrogen) atoms. The van der Waals surface area contributed by atoms with Crippen LogP contribution < -0.4 is 5.73 Å². The van der Waals surface area contributed by atoms with Crippen molar-refractivity contribution in [1.82, 2.24) is 0 Å². The van der Waals surface area contributed by atoms with Crippen molar-refractivity contribution in [2.45, 2.75) is 12.7 Å². The highest BCUT2D eigenvalue weighted by Crippen LogP contribution is 2.32. The number of rotatable bonds is 2. The second-order valence-electron chi connectivity index (χ2n) is 2.80. The van der Waals surface area contributed by atoms with Gasteiger partial charge in [0.15, 0.2) is 0 Å². The third-order valence-corrected chi connectivity index (χ3v) is 1.82. The standard InChI is InChI=1S/C8H7F3N2O2/c9-8(10,11)6-1-2-7(13(14)15)5(3-6)4-12/h1-3H,4,12H2. The maximum absolute atomic E-state index is 12.2. The zero-order valence-corrected chi connectivity index (χ0v) is 7.41. The van der Waals surface area contributed by atoms with Crippen LogP contribution in [0.15, 0.2) is 18.2 Å². The van der Waals surface area contributed by atoms with E-state index in [9.17, 15) is 23.3 Å². The first-order valence-electron chi connectivity index (χ1n) is 3.91. The summed E-state index contributed by atoms with van der Waals surface area (Å²) < 4.78 is 36.7. The summed E-state index contributed by atoms with van der Waals surface area (Å²) >= 11 is 0. The molecule has 0 unspecified atom stereocenters. The molecule has 0 fully saturated rings. The number of alkyl halides is 3. The lowest BCUT2D eigenvalue weighted by Gasteiger charge is -2.07. The highest BCUT2D eigenvalue weighted by Gasteiger charge is 2.31. The Hall–Kier alpha value is -1.63. The van der Waals surface area contributed by atoms with E-state index in [1.165, 1.54) is 0 Å². The Balaban J connectivity index is 3.25. The van der Waals surface area contributed by atoms with Gasteiger partial charge in [-0.25, -0.2) is 0 Å². The summed E-state index contributed by atoms with van der Waals surface area (Å²) in [6, 6.07) is 2.17. The molecule has 1 aromatic rings.